The number of nitrogens with one attached hydrogen (secondary N) is 2. The molecule has 0 fully saturated rings. The fraction of sp³-hybridized carbons (Fsp3) is 0.111. The van der Waals surface area contributed by atoms with Crippen molar-refractivity contribution in [2.75, 3.05) is 5.32 Å². The second-order valence-corrected chi connectivity index (χ2v) is 5.81. The third-order valence-corrected chi connectivity index (χ3v) is 4.01. The van der Waals surface area contributed by atoms with Gasteiger partial charge in [-0.3, -0.25) is 9.78 Å². The quantitative estimate of drug-likeness (QED) is 0.591. The molecule has 4 aromatic rings. The van der Waals surface area contributed by atoms with Gasteiger partial charge in [0.15, 0.2) is 5.65 Å². The van der Waals surface area contributed by atoms with E-state index in [0.717, 1.165) is 0 Å². The average molecular weight is 350 g/mol. The van der Waals surface area contributed by atoms with E-state index in [1.54, 1.807) is 47.2 Å². The second kappa shape index (κ2) is 6.40. The predicted molar refractivity (Wildman–Crippen MR) is 95.3 cm³/mol. The van der Waals surface area contributed by atoms with E-state index in [0.29, 0.717) is 28.4 Å². The van der Waals surface area contributed by atoms with E-state index in [1.165, 1.54) is 12.3 Å². The Kier molecular flexibility index (Phi) is 3.92. The molecule has 0 saturated heterocycles. The minimum absolute atomic E-state index is 0.173. The Morgan fingerprint density at radius 1 is 1.15 bits per heavy atom. The smallest absolute Gasteiger partial charge is 0.257 e. The summed E-state index contributed by atoms with van der Waals surface area (Å²) in [6, 6.07) is 9.88. The maximum absolute atomic E-state index is 13.0. The van der Waals surface area contributed by atoms with Gasteiger partial charge in [0.05, 0.1) is 35.4 Å². The molecular weight excluding hydrogens is 335 g/mol. The number of rotatable bonds is 4. The van der Waals surface area contributed by atoms with E-state index >= 15 is 0 Å². The van der Waals surface area contributed by atoms with Gasteiger partial charge >= 0.3 is 0 Å². The Hall–Kier alpha value is -3.55. The monoisotopic (exact) mass is 350 g/mol. The van der Waals surface area contributed by atoms with Crippen LogP contribution in [-0.4, -0.2) is 24.6 Å². The van der Waals surface area contributed by atoms with Crippen LogP contribution in [0.5, 0.6) is 0 Å². The zero-order valence-corrected chi connectivity index (χ0v) is 13.8. The van der Waals surface area contributed by atoms with Crippen molar-refractivity contribution in [2.24, 2.45) is 0 Å². The summed E-state index contributed by atoms with van der Waals surface area (Å²) in [5.41, 5.74) is 2.19. The van der Waals surface area contributed by atoms with Crippen molar-refractivity contribution in [3.05, 3.63) is 76.9 Å². The average Bonchev–Trinajstić information content (AvgIpc) is 3.06. The molecule has 0 bridgehead atoms. The number of aromatic nitrogens is 5. The van der Waals surface area contributed by atoms with Gasteiger partial charge in [-0.05, 0) is 43.3 Å². The summed E-state index contributed by atoms with van der Waals surface area (Å²) in [6.07, 6.45) is 4.37. The van der Waals surface area contributed by atoms with E-state index in [2.05, 4.69) is 25.4 Å². The predicted octanol–water partition coefficient (Wildman–Crippen LogP) is 2.79. The summed E-state index contributed by atoms with van der Waals surface area (Å²) in [5, 5.41) is 7.75. The van der Waals surface area contributed by atoms with Gasteiger partial charge in [0.25, 0.3) is 5.56 Å². The lowest BCUT2D eigenvalue weighted by Crippen LogP contribution is -2.12. The van der Waals surface area contributed by atoms with E-state index in [-0.39, 0.29) is 17.4 Å². The van der Waals surface area contributed by atoms with Crippen LogP contribution in [-0.2, 0) is 0 Å². The van der Waals surface area contributed by atoms with Crippen LogP contribution < -0.4 is 10.9 Å². The lowest BCUT2D eigenvalue weighted by molar-refractivity contribution is 0.617. The van der Waals surface area contributed by atoms with Gasteiger partial charge in [0.2, 0.25) is 0 Å². The Morgan fingerprint density at radius 2 is 2.04 bits per heavy atom. The highest BCUT2D eigenvalue weighted by molar-refractivity contribution is 5.62. The SMILES string of the molecule is C[C@@H](Nc1ccc2ncc(-c3ccc[nH]c3=O)n2n1)c1ccc(F)cn1. The molecule has 0 aliphatic carbocycles. The van der Waals surface area contributed by atoms with Gasteiger partial charge in [-0.25, -0.2) is 13.9 Å². The summed E-state index contributed by atoms with van der Waals surface area (Å²) in [7, 11) is 0. The number of hydrogen-bond acceptors (Lipinski definition) is 5. The number of pyridine rings is 2. The van der Waals surface area contributed by atoms with E-state index < -0.39 is 0 Å². The van der Waals surface area contributed by atoms with Crippen molar-refractivity contribution < 1.29 is 4.39 Å². The molecule has 0 unspecified atom stereocenters. The summed E-state index contributed by atoms with van der Waals surface area (Å²) in [6.45, 7) is 1.91. The molecule has 0 spiro atoms. The van der Waals surface area contributed by atoms with Gasteiger partial charge in [-0.15, -0.1) is 5.10 Å². The lowest BCUT2D eigenvalue weighted by Gasteiger charge is -2.14. The Morgan fingerprint density at radius 3 is 2.81 bits per heavy atom. The summed E-state index contributed by atoms with van der Waals surface area (Å²) in [4.78, 5) is 23.1. The minimum atomic E-state index is -0.378. The molecule has 0 radical (unpaired) electrons. The van der Waals surface area contributed by atoms with Crippen molar-refractivity contribution in [1.82, 2.24) is 24.6 Å². The molecule has 0 saturated carbocycles. The maximum Gasteiger partial charge on any atom is 0.257 e. The number of anilines is 1. The molecule has 130 valence electrons. The first-order valence-electron chi connectivity index (χ1n) is 8.02. The van der Waals surface area contributed by atoms with Gasteiger partial charge in [-0.1, -0.05) is 0 Å². The van der Waals surface area contributed by atoms with Crippen LogP contribution in [0.25, 0.3) is 16.9 Å². The van der Waals surface area contributed by atoms with Crippen molar-refractivity contribution >= 4 is 11.5 Å². The summed E-state index contributed by atoms with van der Waals surface area (Å²) < 4.78 is 14.6. The van der Waals surface area contributed by atoms with Crippen LogP contribution in [0.1, 0.15) is 18.7 Å². The largest absolute Gasteiger partial charge is 0.361 e. The Labute approximate surface area is 147 Å². The van der Waals surface area contributed by atoms with Crippen molar-refractivity contribution in [1.29, 1.82) is 0 Å². The first-order valence-corrected chi connectivity index (χ1v) is 8.02. The van der Waals surface area contributed by atoms with Gasteiger partial charge in [0, 0.05) is 6.20 Å². The van der Waals surface area contributed by atoms with Gasteiger partial charge in [-0.2, -0.15) is 0 Å². The molecule has 26 heavy (non-hydrogen) atoms. The van der Waals surface area contributed by atoms with Gasteiger partial charge in [0.1, 0.15) is 11.6 Å². The Bertz CT molecular complexity index is 1120. The van der Waals surface area contributed by atoms with Crippen LogP contribution in [0.3, 0.4) is 0 Å². The zero-order valence-electron chi connectivity index (χ0n) is 13.8. The standard InChI is InChI=1S/C18H15FN6O/c1-11(14-5-4-12(19)9-21-14)23-16-6-7-17-22-10-15(25(17)24-16)13-3-2-8-20-18(13)26/h2-11H,1H3,(H,20,26)(H,23,24)/t11-/m1/s1. The van der Waals surface area contributed by atoms with Crippen LogP contribution in [0.2, 0.25) is 0 Å². The van der Waals surface area contributed by atoms with Crippen LogP contribution in [0.15, 0.2) is 59.8 Å². The van der Waals surface area contributed by atoms with E-state index in [4.69, 9.17) is 0 Å². The highest BCUT2D eigenvalue weighted by Crippen LogP contribution is 2.20. The van der Waals surface area contributed by atoms with Gasteiger partial charge < -0.3 is 10.3 Å². The highest BCUT2D eigenvalue weighted by atomic mass is 19.1. The number of imidazole rings is 1. The number of aromatic amines is 1. The molecule has 4 heterocycles. The van der Waals surface area contributed by atoms with Crippen molar-refractivity contribution in [3.63, 3.8) is 0 Å². The molecule has 1 atom stereocenters. The first-order chi connectivity index (χ1) is 12.6. The normalized spacial score (nSPS) is 12.2. The lowest BCUT2D eigenvalue weighted by atomic mass is 10.2. The number of halogens is 1. The molecule has 0 aliphatic heterocycles. The summed E-state index contributed by atoms with van der Waals surface area (Å²) in [5.74, 6) is 0.208. The third-order valence-electron chi connectivity index (χ3n) is 4.01. The molecule has 2 N–H and O–H groups in total. The molecule has 8 heteroatoms. The van der Waals surface area contributed by atoms with Crippen molar-refractivity contribution in [2.45, 2.75) is 13.0 Å². The fourth-order valence-electron chi connectivity index (χ4n) is 2.70. The maximum atomic E-state index is 13.0. The van der Waals surface area contributed by atoms with Crippen LogP contribution in [0, 0.1) is 5.82 Å². The minimum Gasteiger partial charge on any atom is -0.361 e. The number of fused-ring (bicyclic) bond motifs is 1. The number of hydrogen-bond donors (Lipinski definition) is 2. The molecule has 4 aromatic heterocycles. The number of nitrogens with zero attached hydrogens (tertiary/aromatic N) is 4. The summed E-state index contributed by atoms with van der Waals surface area (Å²) >= 11 is 0. The molecular formula is C18H15FN6O. The highest BCUT2D eigenvalue weighted by Gasteiger charge is 2.12. The topological polar surface area (TPSA) is 88.0 Å². The molecule has 0 aliphatic rings. The molecule has 4 rings (SSSR count). The molecule has 7 nitrogen and oxygen atoms in total. The fourth-order valence-corrected chi connectivity index (χ4v) is 2.70. The first kappa shape index (κ1) is 15.9. The third kappa shape index (κ3) is 2.92. The molecule has 0 aromatic carbocycles. The molecule has 0 amide bonds. The van der Waals surface area contributed by atoms with E-state index in [9.17, 15) is 9.18 Å². The Balaban J connectivity index is 1.69. The van der Waals surface area contributed by atoms with Crippen molar-refractivity contribution in [3.8, 4) is 11.3 Å². The number of H-pyrrole nitrogens is 1. The van der Waals surface area contributed by atoms with Crippen LogP contribution >= 0.6 is 0 Å². The van der Waals surface area contributed by atoms with E-state index in [1.807, 2.05) is 6.92 Å². The zero-order chi connectivity index (χ0) is 18.1. The van der Waals surface area contributed by atoms with Crippen LogP contribution in [0.4, 0.5) is 10.2 Å². The second-order valence-electron chi connectivity index (χ2n) is 5.81.